The number of rotatable bonds is 1. The van der Waals surface area contributed by atoms with E-state index in [9.17, 15) is 4.39 Å². The van der Waals surface area contributed by atoms with Crippen LogP contribution < -0.4 is 5.73 Å². The Morgan fingerprint density at radius 2 is 1.62 bits per heavy atom. The lowest BCUT2D eigenvalue weighted by atomic mass is 9.98. The number of anilines is 1. The molecule has 0 heterocycles. The molecule has 2 rings (SSSR count). The lowest BCUT2D eigenvalue weighted by molar-refractivity contribution is 0.629. The van der Waals surface area contributed by atoms with E-state index in [-0.39, 0.29) is 5.82 Å². The van der Waals surface area contributed by atoms with Crippen LogP contribution >= 0.6 is 0 Å². The third-order valence-electron chi connectivity index (χ3n) is 2.63. The van der Waals surface area contributed by atoms with Crippen molar-refractivity contribution < 1.29 is 4.39 Å². The minimum absolute atomic E-state index is 0.178. The summed E-state index contributed by atoms with van der Waals surface area (Å²) in [5.41, 5.74) is 9.71. The van der Waals surface area contributed by atoms with E-state index < -0.39 is 0 Å². The van der Waals surface area contributed by atoms with Gasteiger partial charge in [-0.1, -0.05) is 18.2 Å². The highest BCUT2D eigenvalue weighted by atomic mass is 19.1. The van der Waals surface area contributed by atoms with Gasteiger partial charge < -0.3 is 5.73 Å². The average Bonchev–Trinajstić information content (AvgIpc) is 2.19. The summed E-state index contributed by atoms with van der Waals surface area (Å²) in [5.74, 6) is -0.178. The highest BCUT2D eigenvalue weighted by Crippen LogP contribution is 2.28. The van der Waals surface area contributed by atoms with Gasteiger partial charge in [-0.3, -0.25) is 0 Å². The Balaban J connectivity index is 2.60. The van der Waals surface area contributed by atoms with Crippen LogP contribution in [0.1, 0.15) is 11.1 Å². The number of hydrogen-bond acceptors (Lipinski definition) is 1. The van der Waals surface area contributed by atoms with Gasteiger partial charge in [-0.2, -0.15) is 0 Å². The van der Waals surface area contributed by atoms with Crippen LogP contribution in [0.4, 0.5) is 10.1 Å². The summed E-state index contributed by atoms with van der Waals surface area (Å²) in [6.07, 6.45) is 0. The molecule has 0 fully saturated rings. The van der Waals surface area contributed by atoms with Crippen molar-refractivity contribution in [2.75, 3.05) is 5.73 Å². The van der Waals surface area contributed by atoms with Crippen LogP contribution in [0.2, 0.25) is 0 Å². The first-order valence-electron chi connectivity index (χ1n) is 5.20. The first-order chi connectivity index (χ1) is 7.58. The van der Waals surface area contributed by atoms with Crippen LogP contribution in [-0.4, -0.2) is 0 Å². The normalized spacial score (nSPS) is 10.4. The van der Waals surface area contributed by atoms with Crippen LogP contribution in [0.5, 0.6) is 0 Å². The van der Waals surface area contributed by atoms with Gasteiger partial charge in [0, 0.05) is 11.3 Å². The minimum atomic E-state index is -0.178. The molecule has 0 aliphatic carbocycles. The maximum Gasteiger partial charge on any atom is 0.131 e. The Morgan fingerprint density at radius 3 is 2.19 bits per heavy atom. The van der Waals surface area contributed by atoms with Crippen molar-refractivity contribution >= 4 is 5.69 Å². The standard InChI is InChI=1S/C14H14FN/c1-9-7-10(2)14(13(15)8-9)11-3-5-12(16)6-4-11/h3-8H,16H2,1-2H3. The maximum atomic E-state index is 13.9. The number of hydrogen-bond donors (Lipinski definition) is 1. The molecule has 0 aliphatic rings. The number of nitrogens with two attached hydrogens (primary N) is 1. The molecule has 0 atom stereocenters. The molecule has 2 N–H and O–H groups in total. The maximum absolute atomic E-state index is 13.9. The van der Waals surface area contributed by atoms with Crippen LogP contribution in [0, 0.1) is 19.7 Å². The first-order valence-corrected chi connectivity index (χ1v) is 5.20. The minimum Gasteiger partial charge on any atom is -0.399 e. The van der Waals surface area contributed by atoms with Crippen LogP contribution in [0.3, 0.4) is 0 Å². The van der Waals surface area contributed by atoms with Gasteiger partial charge in [-0.05, 0) is 48.7 Å². The van der Waals surface area contributed by atoms with E-state index in [0.717, 1.165) is 16.7 Å². The van der Waals surface area contributed by atoms with Crippen molar-refractivity contribution in [2.24, 2.45) is 0 Å². The molecule has 0 unspecified atom stereocenters. The number of aryl methyl sites for hydroxylation is 2. The van der Waals surface area contributed by atoms with Crippen LogP contribution in [0.25, 0.3) is 11.1 Å². The lowest BCUT2D eigenvalue weighted by Crippen LogP contribution is -1.91. The van der Waals surface area contributed by atoms with Crippen molar-refractivity contribution in [3.8, 4) is 11.1 Å². The second kappa shape index (κ2) is 3.97. The van der Waals surface area contributed by atoms with Gasteiger partial charge in [-0.25, -0.2) is 4.39 Å². The summed E-state index contributed by atoms with van der Waals surface area (Å²) in [6, 6.07) is 10.8. The second-order valence-electron chi connectivity index (χ2n) is 4.06. The van der Waals surface area contributed by atoms with Crippen LogP contribution in [0.15, 0.2) is 36.4 Å². The Kier molecular flexibility index (Phi) is 2.65. The van der Waals surface area contributed by atoms with Gasteiger partial charge in [0.15, 0.2) is 0 Å². The summed E-state index contributed by atoms with van der Waals surface area (Å²) in [6.45, 7) is 3.81. The van der Waals surface area contributed by atoms with Gasteiger partial charge in [0.05, 0.1) is 0 Å². The molecule has 82 valence electrons. The lowest BCUT2D eigenvalue weighted by Gasteiger charge is -2.09. The Morgan fingerprint density at radius 1 is 1.00 bits per heavy atom. The number of halogens is 1. The third-order valence-corrected chi connectivity index (χ3v) is 2.63. The average molecular weight is 215 g/mol. The fourth-order valence-corrected chi connectivity index (χ4v) is 1.93. The van der Waals surface area contributed by atoms with Gasteiger partial charge >= 0.3 is 0 Å². The van der Waals surface area contributed by atoms with E-state index in [4.69, 9.17) is 5.73 Å². The van der Waals surface area contributed by atoms with E-state index in [1.165, 1.54) is 0 Å². The monoisotopic (exact) mass is 215 g/mol. The number of benzene rings is 2. The summed E-state index contributed by atoms with van der Waals surface area (Å²) in [5, 5.41) is 0. The quantitative estimate of drug-likeness (QED) is 0.721. The molecule has 0 aromatic heterocycles. The van der Waals surface area contributed by atoms with Crippen molar-refractivity contribution in [1.29, 1.82) is 0 Å². The smallest absolute Gasteiger partial charge is 0.131 e. The SMILES string of the molecule is Cc1cc(C)c(-c2ccc(N)cc2)c(F)c1. The molecule has 0 bridgehead atoms. The zero-order chi connectivity index (χ0) is 11.7. The van der Waals surface area contributed by atoms with Crippen molar-refractivity contribution in [2.45, 2.75) is 13.8 Å². The molecular formula is C14H14FN. The molecular weight excluding hydrogens is 201 g/mol. The van der Waals surface area contributed by atoms with Gasteiger partial charge in [-0.15, -0.1) is 0 Å². The van der Waals surface area contributed by atoms with Gasteiger partial charge in [0.2, 0.25) is 0 Å². The molecule has 0 aliphatic heterocycles. The molecule has 2 aromatic rings. The fourth-order valence-electron chi connectivity index (χ4n) is 1.93. The molecule has 16 heavy (non-hydrogen) atoms. The van der Waals surface area contributed by atoms with Crippen LogP contribution in [-0.2, 0) is 0 Å². The highest BCUT2D eigenvalue weighted by molar-refractivity contribution is 5.69. The number of nitrogen functional groups attached to an aromatic ring is 1. The Bertz CT molecular complexity index is 492. The first kappa shape index (κ1) is 10.7. The highest BCUT2D eigenvalue weighted by Gasteiger charge is 2.08. The zero-order valence-corrected chi connectivity index (χ0v) is 9.42. The van der Waals surface area contributed by atoms with E-state index in [1.54, 1.807) is 18.2 Å². The molecule has 0 saturated heterocycles. The van der Waals surface area contributed by atoms with E-state index in [1.807, 2.05) is 32.0 Å². The molecule has 2 heteroatoms. The largest absolute Gasteiger partial charge is 0.399 e. The van der Waals surface area contributed by atoms with Crippen molar-refractivity contribution in [3.63, 3.8) is 0 Å². The molecule has 0 radical (unpaired) electrons. The molecule has 0 spiro atoms. The van der Waals surface area contributed by atoms with Gasteiger partial charge in [0.25, 0.3) is 0 Å². The van der Waals surface area contributed by atoms with E-state index in [0.29, 0.717) is 11.3 Å². The van der Waals surface area contributed by atoms with Crippen molar-refractivity contribution in [1.82, 2.24) is 0 Å². The molecule has 2 aromatic carbocycles. The zero-order valence-electron chi connectivity index (χ0n) is 9.42. The summed E-state index contributed by atoms with van der Waals surface area (Å²) in [4.78, 5) is 0. The van der Waals surface area contributed by atoms with Crippen molar-refractivity contribution in [3.05, 3.63) is 53.3 Å². The van der Waals surface area contributed by atoms with Gasteiger partial charge in [0.1, 0.15) is 5.82 Å². The predicted molar refractivity (Wildman–Crippen MR) is 65.7 cm³/mol. The van der Waals surface area contributed by atoms with E-state index in [2.05, 4.69) is 0 Å². The fraction of sp³-hybridized carbons (Fsp3) is 0.143. The summed E-state index contributed by atoms with van der Waals surface area (Å²) in [7, 11) is 0. The molecule has 1 nitrogen and oxygen atoms in total. The van der Waals surface area contributed by atoms with E-state index >= 15 is 0 Å². The molecule has 0 saturated carbocycles. The molecule has 0 amide bonds. The second-order valence-corrected chi connectivity index (χ2v) is 4.06. The summed E-state index contributed by atoms with van der Waals surface area (Å²) >= 11 is 0. The third kappa shape index (κ3) is 1.91. The topological polar surface area (TPSA) is 26.0 Å². The summed E-state index contributed by atoms with van der Waals surface area (Å²) < 4.78 is 13.9. The Hall–Kier alpha value is -1.83. The predicted octanol–water partition coefficient (Wildman–Crippen LogP) is 3.69. The Labute approximate surface area is 94.7 Å².